The molecule has 0 spiro atoms. The molecule has 7 nitrogen and oxygen atoms in total. The van der Waals surface area contributed by atoms with Gasteiger partial charge in [-0.3, -0.25) is 10.1 Å². The Morgan fingerprint density at radius 1 is 1.46 bits per heavy atom. The lowest BCUT2D eigenvalue weighted by Gasteiger charge is -2.24. The minimum atomic E-state index is -0.499. The number of nitrogens with zero attached hydrogens (tertiary/aromatic N) is 2. The van der Waals surface area contributed by atoms with Gasteiger partial charge in [-0.15, -0.1) is 11.3 Å². The number of anilines is 1. The molecule has 126 valence electrons. The van der Waals surface area contributed by atoms with E-state index in [0.717, 1.165) is 12.8 Å². The maximum absolute atomic E-state index is 12.6. The third-order valence-electron chi connectivity index (χ3n) is 4.02. The van der Waals surface area contributed by atoms with E-state index < -0.39 is 4.92 Å². The smallest absolute Gasteiger partial charge is 0.322 e. The normalized spacial score (nSPS) is 16.9. The SMILES string of the molecule is COc1cc([N+](=O)[O-])ccc1NC(=O)N1CCCC1c1cccs1. The van der Waals surface area contributed by atoms with Crippen LogP contribution in [0.2, 0.25) is 0 Å². The first-order valence-corrected chi connectivity index (χ1v) is 8.41. The predicted octanol–water partition coefficient (Wildman–Crippen LogP) is 4.03. The highest BCUT2D eigenvalue weighted by Crippen LogP contribution is 2.36. The topological polar surface area (TPSA) is 84.7 Å². The molecule has 1 saturated heterocycles. The Morgan fingerprint density at radius 3 is 2.96 bits per heavy atom. The van der Waals surface area contributed by atoms with Crippen molar-refractivity contribution in [3.63, 3.8) is 0 Å². The molecule has 0 bridgehead atoms. The Labute approximate surface area is 143 Å². The molecule has 1 aliphatic rings. The molecule has 1 unspecified atom stereocenters. The highest BCUT2D eigenvalue weighted by atomic mass is 32.1. The van der Waals surface area contributed by atoms with Gasteiger partial charge in [-0.05, 0) is 30.4 Å². The molecule has 1 aromatic carbocycles. The van der Waals surface area contributed by atoms with Crippen LogP contribution in [0.3, 0.4) is 0 Å². The second-order valence-corrected chi connectivity index (χ2v) is 6.42. The van der Waals surface area contributed by atoms with Crippen LogP contribution in [0, 0.1) is 10.1 Å². The van der Waals surface area contributed by atoms with E-state index in [4.69, 9.17) is 4.74 Å². The summed E-state index contributed by atoms with van der Waals surface area (Å²) in [4.78, 5) is 25.9. The zero-order valence-electron chi connectivity index (χ0n) is 13.1. The molecule has 2 aromatic rings. The van der Waals surface area contributed by atoms with Gasteiger partial charge in [0.2, 0.25) is 0 Å². The largest absolute Gasteiger partial charge is 0.494 e. The van der Waals surface area contributed by atoms with Crippen molar-refractivity contribution < 1.29 is 14.5 Å². The van der Waals surface area contributed by atoms with Gasteiger partial charge in [0.15, 0.2) is 0 Å². The van der Waals surface area contributed by atoms with E-state index in [0.29, 0.717) is 12.2 Å². The molecule has 1 N–H and O–H groups in total. The number of amides is 2. The Balaban J connectivity index is 1.78. The van der Waals surface area contributed by atoms with Gasteiger partial charge in [0.25, 0.3) is 5.69 Å². The number of nitrogens with one attached hydrogen (secondary N) is 1. The molecule has 1 aliphatic heterocycles. The minimum absolute atomic E-state index is 0.0778. The second-order valence-electron chi connectivity index (χ2n) is 5.44. The molecule has 1 fully saturated rings. The van der Waals surface area contributed by atoms with E-state index >= 15 is 0 Å². The van der Waals surface area contributed by atoms with Gasteiger partial charge in [-0.2, -0.15) is 0 Å². The molecule has 8 heteroatoms. The minimum Gasteiger partial charge on any atom is -0.494 e. The standard InChI is InChI=1S/C16H17N3O4S/c1-23-14-10-11(19(21)22)6-7-12(14)17-16(20)18-8-2-4-13(18)15-5-3-9-24-15/h3,5-7,9-10,13H,2,4,8H2,1H3,(H,17,20). The number of likely N-dealkylation sites (tertiary alicyclic amines) is 1. The summed E-state index contributed by atoms with van der Waals surface area (Å²) < 4.78 is 5.16. The summed E-state index contributed by atoms with van der Waals surface area (Å²) in [5.74, 6) is 0.268. The van der Waals surface area contributed by atoms with E-state index in [1.807, 2.05) is 17.5 Å². The predicted molar refractivity (Wildman–Crippen MR) is 91.7 cm³/mol. The van der Waals surface area contributed by atoms with Crippen molar-refractivity contribution in [3.05, 3.63) is 50.7 Å². The molecule has 3 rings (SSSR count). The van der Waals surface area contributed by atoms with Crippen molar-refractivity contribution in [1.82, 2.24) is 4.90 Å². The highest BCUT2D eigenvalue weighted by molar-refractivity contribution is 7.10. The van der Waals surface area contributed by atoms with Gasteiger partial charge in [-0.25, -0.2) is 4.79 Å². The summed E-state index contributed by atoms with van der Waals surface area (Å²) in [6, 6.07) is 8.01. The number of thiophene rings is 1. The number of urea groups is 1. The number of nitro benzene ring substituents is 1. The van der Waals surface area contributed by atoms with E-state index in [-0.39, 0.29) is 23.5 Å². The number of hydrogen-bond acceptors (Lipinski definition) is 5. The van der Waals surface area contributed by atoms with Crippen LogP contribution in [-0.4, -0.2) is 29.5 Å². The summed E-state index contributed by atoms with van der Waals surface area (Å²) in [5, 5.41) is 15.7. The number of nitro groups is 1. The van der Waals surface area contributed by atoms with Crippen molar-refractivity contribution in [2.45, 2.75) is 18.9 Å². The molecule has 0 aliphatic carbocycles. The maximum Gasteiger partial charge on any atom is 0.322 e. The van der Waals surface area contributed by atoms with Gasteiger partial charge in [-0.1, -0.05) is 6.07 Å². The van der Waals surface area contributed by atoms with Gasteiger partial charge < -0.3 is 15.0 Å². The third-order valence-corrected chi connectivity index (χ3v) is 5.00. The summed E-state index contributed by atoms with van der Waals surface area (Å²) in [6.45, 7) is 0.684. The average molecular weight is 347 g/mol. The quantitative estimate of drug-likeness (QED) is 0.668. The number of carbonyl (C=O) groups is 1. The number of methoxy groups -OCH3 is 1. The molecule has 2 heterocycles. The fourth-order valence-electron chi connectivity index (χ4n) is 2.87. The first-order chi connectivity index (χ1) is 11.6. The molecule has 1 atom stereocenters. The summed E-state index contributed by atoms with van der Waals surface area (Å²) in [5.41, 5.74) is 0.340. The lowest BCUT2D eigenvalue weighted by Crippen LogP contribution is -2.34. The van der Waals surface area contributed by atoms with E-state index in [2.05, 4.69) is 5.32 Å². The van der Waals surface area contributed by atoms with Crippen molar-refractivity contribution in [2.75, 3.05) is 19.0 Å². The van der Waals surface area contributed by atoms with E-state index in [1.54, 1.807) is 16.2 Å². The molecule has 0 saturated carbocycles. The zero-order chi connectivity index (χ0) is 17.1. The average Bonchev–Trinajstić information content (AvgIpc) is 3.25. The third kappa shape index (κ3) is 3.18. The Morgan fingerprint density at radius 2 is 2.29 bits per heavy atom. The number of carbonyl (C=O) groups excluding carboxylic acids is 1. The van der Waals surface area contributed by atoms with Crippen LogP contribution in [-0.2, 0) is 0 Å². The van der Waals surface area contributed by atoms with Crippen LogP contribution in [0.5, 0.6) is 5.75 Å². The van der Waals surface area contributed by atoms with Crippen molar-refractivity contribution in [1.29, 1.82) is 0 Å². The van der Waals surface area contributed by atoms with Crippen LogP contribution in [0.15, 0.2) is 35.7 Å². The highest BCUT2D eigenvalue weighted by Gasteiger charge is 2.31. The number of benzene rings is 1. The van der Waals surface area contributed by atoms with Crippen LogP contribution in [0.25, 0.3) is 0 Å². The fourth-order valence-corrected chi connectivity index (χ4v) is 3.74. The molecule has 0 radical (unpaired) electrons. The first-order valence-electron chi connectivity index (χ1n) is 7.53. The second kappa shape index (κ2) is 6.88. The summed E-state index contributed by atoms with van der Waals surface area (Å²) in [7, 11) is 1.42. The molecule has 2 amide bonds. The molecular weight excluding hydrogens is 330 g/mol. The van der Waals surface area contributed by atoms with Crippen LogP contribution in [0.4, 0.5) is 16.2 Å². The molecule has 24 heavy (non-hydrogen) atoms. The van der Waals surface area contributed by atoms with Gasteiger partial charge in [0, 0.05) is 17.5 Å². The van der Waals surface area contributed by atoms with Gasteiger partial charge >= 0.3 is 6.03 Å². The zero-order valence-corrected chi connectivity index (χ0v) is 13.9. The van der Waals surface area contributed by atoms with E-state index in [9.17, 15) is 14.9 Å². The van der Waals surface area contributed by atoms with Gasteiger partial charge in [0.05, 0.1) is 29.8 Å². The summed E-state index contributed by atoms with van der Waals surface area (Å²) >= 11 is 1.64. The molecule has 1 aromatic heterocycles. The number of non-ortho nitro benzene ring substituents is 1. The molecular formula is C16H17N3O4S. The fraction of sp³-hybridized carbons (Fsp3) is 0.312. The van der Waals surface area contributed by atoms with E-state index in [1.165, 1.54) is 30.2 Å². The lowest BCUT2D eigenvalue weighted by molar-refractivity contribution is -0.384. The Kier molecular flexibility index (Phi) is 4.66. The Hall–Kier alpha value is -2.61. The maximum atomic E-state index is 12.6. The van der Waals surface area contributed by atoms with Crippen LogP contribution >= 0.6 is 11.3 Å². The number of hydrogen-bond donors (Lipinski definition) is 1. The van der Waals surface area contributed by atoms with Gasteiger partial charge in [0.1, 0.15) is 5.75 Å². The lowest BCUT2D eigenvalue weighted by atomic mass is 10.2. The van der Waals surface area contributed by atoms with Crippen LogP contribution < -0.4 is 10.1 Å². The van der Waals surface area contributed by atoms with Crippen molar-refractivity contribution in [2.24, 2.45) is 0 Å². The van der Waals surface area contributed by atoms with Crippen LogP contribution in [0.1, 0.15) is 23.8 Å². The number of rotatable bonds is 4. The monoisotopic (exact) mass is 347 g/mol. The summed E-state index contributed by atoms with van der Waals surface area (Å²) in [6.07, 6.45) is 1.89. The first kappa shape index (κ1) is 16.3. The number of ether oxygens (including phenoxy) is 1. The Bertz CT molecular complexity index is 748. The van der Waals surface area contributed by atoms with Crippen molar-refractivity contribution in [3.8, 4) is 5.75 Å². The van der Waals surface area contributed by atoms with Crippen molar-refractivity contribution >= 4 is 28.7 Å².